The van der Waals surface area contributed by atoms with Crippen LogP contribution in [0.3, 0.4) is 0 Å². The van der Waals surface area contributed by atoms with E-state index in [-0.39, 0.29) is 4.47 Å². The predicted octanol–water partition coefficient (Wildman–Crippen LogP) is 5.56. The molecule has 0 aromatic heterocycles. The van der Waals surface area contributed by atoms with E-state index >= 15 is 0 Å². The van der Waals surface area contributed by atoms with Crippen LogP contribution in [-0.2, 0) is 4.74 Å². The molecule has 0 unspecified atom stereocenters. The van der Waals surface area contributed by atoms with Crippen molar-refractivity contribution in [2.75, 3.05) is 32.2 Å². The van der Waals surface area contributed by atoms with E-state index in [1.165, 1.54) is 5.56 Å². The average Bonchev–Trinajstić information content (AvgIpc) is 2.64. The third-order valence-corrected chi connectivity index (χ3v) is 3.94. The minimum Gasteiger partial charge on any atom is -0.383 e. The van der Waals surface area contributed by atoms with Gasteiger partial charge in [-0.25, -0.2) is 4.39 Å². The molecule has 0 aliphatic rings. The van der Waals surface area contributed by atoms with E-state index in [1.54, 1.807) is 31.2 Å². The van der Waals surface area contributed by atoms with E-state index < -0.39 is 5.82 Å². The molecule has 0 radical (unpaired) electrons. The number of hydrogen-bond acceptors (Lipinski definition) is 3. The number of hydrogen-bond donors (Lipinski definition) is 0. The van der Waals surface area contributed by atoms with Crippen LogP contribution in [-0.4, -0.2) is 27.3 Å². The molecule has 5 heteroatoms. The summed E-state index contributed by atoms with van der Waals surface area (Å²) in [4.78, 5) is 1.74. The summed E-state index contributed by atoms with van der Waals surface area (Å²) in [5.74, 6) is -0.419. The number of nitrogens with zero attached hydrogens (tertiary/aromatic N) is 2. The predicted molar refractivity (Wildman–Crippen MR) is 106 cm³/mol. The first-order valence-corrected chi connectivity index (χ1v) is 8.90. The molecule has 0 atom stereocenters. The lowest BCUT2D eigenvalue weighted by molar-refractivity contribution is 0.206. The first-order chi connectivity index (χ1) is 12.0. The summed E-state index contributed by atoms with van der Waals surface area (Å²) in [6, 6.07) is 15.4. The van der Waals surface area contributed by atoms with Crippen LogP contribution in [0, 0.1) is 24.1 Å². The molecular formula is C20H26BrFN2O. The summed E-state index contributed by atoms with van der Waals surface area (Å²) in [5, 5.41) is 8.73. The van der Waals surface area contributed by atoms with Crippen molar-refractivity contribution in [2.45, 2.75) is 20.8 Å². The quantitative estimate of drug-likeness (QED) is 0.663. The number of anilines is 1. The zero-order chi connectivity index (χ0) is 19.2. The fourth-order valence-corrected chi connectivity index (χ4v) is 2.23. The fraction of sp³-hybridized carbons (Fsp3) is 0.350. The van der Waals surface area contributed by atoms with Crippen LogP contribution < -0.4 is 4.90 Å². The van der Waals surface area contributed by atoms with Gasteiger partial charge in [0.05, 0.1) is 22.3 Å². The highest BCUT2D eigenvalue weighted by Gasteiger charge is 2.13. The lowest BCUT2D eigenvalue weighted by Crippen LogP contribution is -2.23. The number of likely N-dealkylation sites (N-methyl/N-ethyl adjacent to an activating group) is 1. The van der Waals surface area contributed by atoms with E-state index in [2.05, 4.69) is 35.0 Å². The van der Waals surface area contributed by atoms with Gasteiger partial charge in [-0.3, -0.25) is 0 Å². The SMILES string of the molecule is CC.COCCN(C)c1ccc(C#N)c(Br)c1F.Cc1ccccc1. The largest absolute Gasteiger partial charge is 0.383 e. The molecule has 2 aromatic rings. The summed E-state index contributed by atoms with van der Waals surface area (Å²) >= 11 is 3.07. The Labute approximate surface area is 159 Å². The molecule has 0 amide bonds. The Morgan fingerprint density at radius 3 is 2.20 bits per heavy atom. The lowest BCUT2D eigenvalue weighted by Gasteiger charge is -2.20. The molecule has 0 saturated heterocycles. The van der Waals surface area contributed by atoms with Gasteiger partial charge in [0.1, 0.15) is 6.07 Å². The molecule has 3 nitrogen and oxygen atoms in total. The molecular weight excluding hydrogens is 383 g/mol. The second-order valence-corrected chi connectivity index (χ2v) is 5.73. The van der Waals surface area contributed by atoms with E-state index in [4.69, 9.17) is 10.00 Å². The van der Waals surface area contributed by atoms with Crippen molar-refractivity contribution in [1.82, 2.24) is 0 Å². The van der Waals surface area contributed by atoms with Crippen LogP contribution in [0.15, 0.2) is 46.9 Å². The average molecular weight is 409 g/mol. The van der Waals surface area contributed by atoms with Crippen molar-refractivity contribution in [1.29, 1.82) is 5.26 Å². The van der Waals surface area contributed by atoms with Gasteiger partial charge < -0.3 is 9.64 Å². The van der Waals surface area contributed by atoms with Gasteiger partial charge >= 0.3 is 0 Å². The molecule has 2 aromatic carbocycles. The maximum atomic E-state index is 13.8. The zero-order valence-corrected chi connectivity index (χ0v) is 17.1. The van der Waals surface area contributed by atoms with Crippen molar-refractivity contribution >= 4 is 21.6 Å². The third kappa shape index (κ3) is 8.15. The zero-order valence-electron chi connectivity index (χ0n) is 15.5. The van der Waals surface area contributed by atoms with Crippen LogP contribution in [0.1, 0.15) is 25.0 Å². The molecule has 0 fully saturated rings. The second-order valence-electron chi connectivity index (χ2n) is 4.94. The maximum Gasteiger partial charge on any atom is 0.161 e. The number of ether oxygens (including phenoxy) is 1. The van der Waals surface area contributed by atoms with Crippen molar-refractivity contribution in [3.63, 3.8) is 0 Å². The number of halogens is 2. The summed E-state index contributed by atoms with van der Waals surface area (Å²) in [6.45, 7) is 7.19. The fourth-order valence-electron chi connectivity index (χ4n) is 1.80. The first-order valence-electron chi connectivity index (χ1n) is 8.11. The number of nitriles is 1. The second kappa shape index (κ2) is 13.4. The molecule has 0 bridgehead atoms. The molecule has 0 aliphatic heterocycles. The third-order valence-electron chi connectivity index (χ3n) is 3.16. The lowest BCUT2D eigenvalue weighted by atomic mass is 10.2. The molecule has 0 spiro atoms. The van der Waals surface area contributed by atoms with Crippen LogP contribution in [0.2, 0.25) is 0 Å². The topological polar surface area (TPSA) is 36.3 Å². The summed E-state index contributed by atoms with van der Waals surface area (Å²) in [7, 11) is 3.37. The number of benzene rings is 2. The molecule has 0 heterocycles. The standard InChI is InChI=1S/C11H12BrFN2O.C7H8.C2H6/c1-15(5-6-16-2)9-4-3-8(7-14)10(12)11(9)13;1-7-5-3-2-4-6-7;1-2/h3-4H,5-6H2,1-2H3;2-6H,1H3;1-2H3. The van der Waals surface area contributed by atoms with Crippen molar-refractivity contribution in [2.24, 2.45) is 0 Å². The highest BCUT2D eigenvalue weighted by Crippen LogP contribution is 2.28. The van der Waals surface area contributed by atoms with Crippen LogP contribution in [0.4, 0.5) is 10.1 Å². The van der Waals surface area contributed by atoms with E-state index in [1.807, 2.05) is 38.1 Å². The Bertz CT molecular complexity index is 657. The van der Waals surface area contributed by atoms with E-state index in [0.717, 1.165) is 0 Å². The van der Waals surface area contributed by atoms with Gasteiger partial charge in [0.25, 0.3) is 0 Å². The molecule has 0 saturated carbocycles. The number of methoxy groups -OCH3 is 1. The van der Waals surface area contributed by atoms with Gasteiger partial charge in [0.15, 0.2) is 5.82 Å². The van der Waals surface area contributed by atoms with Gasteiger partial charge in [-0.2, -0.15) is 5.26 Å². The summed E-state index contributed by atoms with van der Waals surface area (Å²) in [5.41, 5.74) is 2.06. The highest BCUT2D eigenvalue weighted by atomic mass is 79.9. The van der Waals surface area contributed by atoms with Crippen molar-refractivity contribution in [3.05, 3.63) is 63.9 Å². The highest BCUT2D eigenvalue weighted by molar-refractivity contribution is 9.10. The van der Waals surface area contributed by atoms with Gasteiger partial charge in [-0.1, -0.05) is 49.7 Å². The smallest absolute Gasteiger partial charge is 0.161 e. The van der Waals surface area contributed by atoms with Crippen LogP contribution in [0.25, 0.3) is 0 Å². The minimum atomic E-state index is -0.419. The first kappa shape index (κ1) is 23.1. The Balaban J connectivity index is 0.000000530. The number of aryl methyl sites for hydroxylation is 1. The van der Waals surface area contributed by atoms with Gasteiger partial charge in [-0.15, -0.1) is 0 Å². The normalized spacial score (nSPS) is 9.04. The van der Waals surface area contributed by atoms with E-state index in [0.29, 0.717) is 24.4 Å². The Kier molecular flexibility index (Phi) is 12.4. The van der Waals surface area contributed by atoms with Crippen molar-refractivity contribution < 1.29 is 9.13 Å². The monoisotopic (exact) mass is 408 g/mol. The van der Waals surface area contributed by atoms with Crippen molar-refractivity contribution in [3.8, 4) is 6.07 Å². The Morgan fingerprint density at radius 2 is 1.76 bits per heavy atom. The van der Waals surface area contributed by atoms with Crippen LogP contribution >= 0.6 is 15.9 Å². The Morgan fingerprint density at radius 1 is 1.16 bits per heavy atom. The number of rotatable bonds is 4. The molecule has 25 heavy (non-hydrogen) atoms. The minimum absolute atomic E-state index is 0.205. The Hall–Kier alpha value is -1.90. The van der Waals surface area contributed by atoms with E-state index in [9.17, 15) is 4.39 Å². The van der Waals surface area contributed by atoms with Gasteiger partial charge in [0, 0.05) is 20.7 Å². The van der Waals surface area contributed by atoms with Gasteiger partial charge in [0.2, 0.25) is 0 Å². The van der Waals surface area contributed by atoms with Crippen LogP contribution in [0.5, 0.6) is 0 Å². The van der Waals surface area contributed by atoms with Gasteiger partial charge in [-0.05, 0) is 35.0 Å². The summed E-state index contributed by atoms with van der Waals surface area (Å²) in [6.07, 6.45) is 0. The summed E-state index contributed by atoms with van der Waals surface area (Å²) < 4.78 is 19.0. The molecule has 0 N–H and O–H groups in total. The molecule has 136 valence electrons. The maximum absolute atomic E-state index is 13.8. The molecule has 2 rings (SSSR count). The molecule has 0 aliphatic carbocycles.